The van der Waals surface area contributed by atoms with Gasteiger partial charge in [-0.1, -0.05) is 55.4 Å². The standard InChI is InChI=1S/C20H24N4O2S/c1-2-5-17-18(25)7-3-8-19(17)26-14-16-11-9-15(10-12-16)6-4-13-27-20-21-23-24-22-20/h3,7-12,25H,2,4-6,13-14H2,1H3,(H,21,22,23,24). The van der Waals surface area contributed by atoms with E-state index in [1.54, 1.807) is 17.8 Å². The number of aromatic nitrogens is 4. The number of tetrazole rings is 1. The molecule has 27 heavy (non-hydrogen) atoms. The van der Waals surface area contributed by atoms with Crippen LogP contribution >= 0.6 is 11.8 Å². The van der Waals surface area contributed by atoms with Gasteiger partial charge in [-0.25, -0.2) is 0 Å². The third kappa shape index (κ3) is 5.72. The molecule has 0 spiro atoms. The molecule has 2 N–H and O–H groups in total. The molecule has 2 aromatic carbocycles. The van der Waals surface area contributed by atoms with Crippen molar-refractivity contribution >= 4 is 11.8 Å². The lowest BCUT2D eigenvalue weighted by molar-refractivity contribution is 0.300. The number of thioether (sulfide) groups is 1. The van der Waals surface area contributed by atoms with Crippen LogP contribution in [0.3, 0.4) is 0 Å². The predicted octanol–water partition coefficient (Wildman–Crippen LogP) is 4.16. The third-order valence-electron chi connectivity index (χ3n) is 4.19. The van der Waals surface area contributed by atoms with Crippen LogP contribution in [0, 0.1) is 0 Å². The van der Waals surface area contributed by atoms with Gasteiger partial charge in [-0.15, -0.1) is 10.2 Å². The molecule has 142 valence electrons. The van der Waals surface area contributed by atoms with Gasteiger partial charge in [0.15, 0.2) is 0 Å². The number of aromatic hydroxyl groups is 1. The number of phenols is 1. The van der Waals surface area contributed by atoms with Gasteiger partial charge >= 0.3 is 0 Å². The average molecular weight is 385 g/mol. The molecule has 7 heteroatoms. The summed E-state index contributed by atoms with van der Waals surface area (Å²) in [5.41, 5.74) is 3.30. The Bertz CT molecular complexity index is 823. The van der Waals surface area contributed by atoms with Crippen molar-refractivity contribution in [3.05, 3.63) is 59.2 Å². The van der Waals surface area contributed by atoms with Crippen molar-refractivity contribution in [3.8, 4) is 11.5 Å². The fourth-order valence-electron chi connectivity index (χ4n) is 2.81. The lowest BCUT2D eigenvalue weighted by atomic mass is 10.1. The van der Waals surface area contributed by atoms with E-state index in [0.29, 0.717) is 17.5 Å². The van der Waals surface area contributed by atoms with Crippen LogP contribution in [0.25, 0.3) is 0 Å². The number of hydrogen-bond acceptors (Lipinski definition) is 6. The van der Waals surface area contributed by atoms with Gasteiger partial charge in [-0.2, -0.15) is 5.21 Å². The molecule has 0 unspecified atom stereocenters. The first kappa shape index (κ1) is 19.2. The summed E-state index contributed by atoms with van der Waals surface area (Å²) in [5, 5.41) is 24.6. The lowest BCUT2D eigenvalue weighted by Crippen LogP contribution is -1.99. The lowest BCUT2D eigenvalue weighted by Gasteiger charge is -2.13. The number of nitrogens with zero attached hydrogens (tertiary/aromatic N) is 3. The van der Waals surface area contributed by atoms with Crippen LogP contribution in [0.15, 0.2) is 47.6 Å². The molecule has 0 bridgehead atoms. The molecule has 0 aliphatic rings. The average Bonchev–Trinajstić information content (AvgIpc) is 3.20. The van der Waals surface area contributed by atoms with Gasteiger partial charge < -0.3 is 9.84 Å². The van der Waals surface area contributed by atoms with E-state index in [-0.39, 0.29) is 0 Å². The summed E-state index contributed by atoms with van der Waals surface area (Å²) in [4.78, 5) is 0. The first-order chi connectivity index (χ1) is 13.3. The highest BCUT2D eigenvalue weighted by atomic mass is 32.2. The molecular formula is C20H24N4O2S. The molecule has 0 aliphatic carbocycles. The van der Waals surface area contributed by atoms with Crippen molar-refractivity contribution in [2.24, 2.45) is 0 Å². The number of hydrogen-bond donors (Lipinski definition) is 2. The van der Waals surface area contributed by atoms with Crippen molar-refractivity contribution in [3.63, 3.8) is 0 Å². The summed E-state index contributed by atoms with van der Waals surface area (Å²) in [7, 11) is 0. The molecule has 1 heterocycles. The normalized spacial score (nSPS) is 10.9. The van der Waals surface area contributed by atoms with Gasteiger partial charge in [0.1, 0.15) is 18.1 Å². The van der Waals surface area contributed by atoms with E-state index in [2.05, 4.69) is 51.8 Å². The maximum atomic E-state index is 10.0. The van der Waals surface area contributed by atoms with Crippen LogP contribution in [-0.2, 0) is 19.4 Å². The maximum Gasteiger partial charge on any atom is 0.230 e. The molecule has 0 saturated heterocycles. The number of nitrogens with one attached hydrogen (secondary N) is 1. The highest BCUT2D eigenvalue weighted by molar-refractivity contribution is 7.99. The quantitative estimate of drug-likeness (QED) is 0.403. The molecule has 0 radical (unpaired) electrons. The Labute approximate surface area is 163 Å². The number of rotatable bonds is 10. The minimum absolute atomic E-state index is 0.309. The number of phenolic OH excluding ortho intramolecular Hbond substituents is 1. The van der Waals surface area contributed by atoms with Crippen LogP contribution in [0.5, 0.6) is 11.5 Å². The number of benzene rings is 2. The van der Waals surface area contributed by atoms with Crippen LogP contribution in [-0.4, -0.2) is 31.5 Å². The fraction of sp³-hybridized carbons (Fsp3) is 0.350. The summed E-state index contributed by atoms with van der Waals surface area (Å²) in [5.74, 6) is 2.03. The SMILES string of the molecule is CCCc1c(O)cccc1OCc1ccc(CCCSc2nn[nH]n2)cc1. The van der Waals surface area contributed by atoms with E-state index in [4.69, 9.17) is 4.74 Å². The molecule has 0 amide bonds. The van der Waals surface area contributed by atoms with Crippen molar-refractivity contribution in [1.82, 2.24) is 20.6 Å². The first-order valence-corrected chi connectivity index (χ1v) is 10.1. The van der Waals surface area contributed by atoms with Gasteiger partial charge in [-0.3, -0.25) is 0 Å². The second kappa shape index (κ2) is 9.97. The smallest absolute Gasteiger partial charge is 0.230 e. The Morgan fingerprint density at radius 2 is 1.89 bits per heavy atom. The van der Waals surface area contributed by atoms with Gasteiger partial charge in [0, 0.05) is 11.3 Å². The minimum Gasteiger partial charge on any atom is -0.508 e. The zero-order valence-corrected chi connectivity index (χ0v) is 16.2. The second-order valence-electron chi connectivity index (χ2n) is 6.26. The summed E-state index contributed by atoms with van der Waals surface area (Å²) < 4.78 is 5.95. The highest BCUT2D eigenvalue weighted by Gasteiger charge is 2.08. The van der Waals surface area contributed by atoms with Crippen molar-refractivity contribution in [1.29, 1.82) is 0 Å². The molecular weight excluding hydrogens is 360 g/mol. The van der Waals surface area contributed by atoms with Crippen LogP contribution in [0.4, 0.5) is 0 Å². The topological polar surface area (TPSA) is 83.9 Å². The van der Waals surface area contributed by atoms with Gasteiger partial charge in [0.25, 0.3) is 0 Å². The summed E-state index contributed by atoms with van der Waals surface area (Å²) >= 11 is 1.61. The fourth-order valence-corrected chi connectivity index (χ4v) is 3.48. The Morgan fingerprint density at radius 1 is 1.07 bits per heavy atom. The molecule has 3 rings (SSSR count). The molecule has 0 atom stereocenters. The monoisotopic (exact) mass is 384 g/mol. The summed E-state index contributed by atoms with van der Waals surface area (Å²) in [6, 6.07) is 13.9. The zero-order chi connectivity index (χ0) is 18.9. The molecule has 3 aromatic rings. The Balaban J connectivity index is 1.47. The number of aromatic amines is 1. The maximum absolute atomic E-state index is 10.0. The van der Waals surface area contributed by atoms with Crippen LogP contribution < -0.4 is 4.74 Å². The van der Waals surface area contributed by atoms with E-state index in [1.165, 1.54) is 5.56 Å². The van der Waals surface area contributed by atoms with Crippen molar-refractivity contribution in [2.75, 3.05) is 5.75 Å². The van der Waals surface area contributed by atoms with Gasteiger partial charge in [0.05, 0.1) is 0 Å². The highest BCUT2D eigenvalue weighted by Crippen LogP contribution is 2.29. The summed E-state index contributed by atoms with van der Waals surface area (Å²) in [6.45, 7) is 2.59. The third-order valence-corrected chi connectivity index (χ3v) is 5.12. The largest absolute Gasteiger partial charge is 0.508 e. The Hall–Kier alpha value is -2.54. The van der Waals surface area contributed by atoms with Gasteiger partial charge in [0.2, 0.25) is 5.16 Å². The van der Waals surface area contributed by atoms with E-state index in [9.17, 15) is 5.11 Å². The van der Waals surface area contributed by atoms with Gasteiger partial charge in [-0.05, 0) is 47.7 Å². The molecule has 1 aromatic heterocycles. The van der Waals surface area contributed by atoms with E-state index in [0.717, 1.165) is 48.3 Å². The summed E-state index contributed by atoms with van der Waals surface area (Å²) in [6.07, 6.45) is 3.84. The zero-order valence-electron chi connectivity index (χ0n) is 15.4. The number of ether oxygens (including phenoxy) is 1. The second-order valence-corrected chi connectivity index (χ2v) is 7.32. The van der Waals surface area contributed by atoms with E-state index in [1.807, 2.05) is 12.1 Å². The van der Waals surface area contributed by atoms with E-state index < -0.39 is 0 Å². The van der Waals surface area contributed by atoms with Crippen LogP contribution in [0.2, 0.25) is 0 Å². The van der Waals surface area contributed by atoms with Crippen molar-refractivity contribution in [2.45, 2.75) is 44.4 Å². The Kier molecular flexibility index (Phi) is 7.10. The number of H-pyrrole nitrogens is 1. The predicted molar refractivity (Wildman–Crippen MR) is 106 cm³/mol. The molecule has 0 saturated carbocycles. The molecule has 0 aliphatic heterocycles. The first-order valence-electron chi connectivity index (χ1n) is 9.14. The van der Waals surface area contributed by atoms with Crippen molar-refractivity contribution < 1.29 is 9.84 Å². The molecule has 6 nitrogen and oxygen atoms in total. The van der Waals surface area contributed by atoms with E-state index >= 15 is 0 Å². The Morgan fingerprint density at radius 3 is 2.63 bits per heavy atom. The molecule has 0 fully saturated rings. The van der Waals surface area contributed by atoms with Crippen LogP contribution in [0.1, 0.15) is 36.5 Å². The number of aryl methyl sites for hydroxylation is 1. The minimum atomic E-state index is 0.309.